The molecule has 6 nitrogen and oxygen atoms in total. The molecule has 1 N–H and O–H groups in total. The molecule has 0 radical (unpaired) electrons. The van der Waals surface area contributed by atoms with E-state index in [4.69, 9.17) is 4.74 Å². The number of nitrogens with one attached hydrogen (secondary N) is 1. The van der Waals surface area contributed by atoms with Crippen LogP contribution in [-0.2, 0) is 14.8 Å². The lowest BCUT2D eigenvalue weighted by atomic mass is 9.89. The van der Waals surface area contributed by atoms with Gasteiger partial charge in [-0.2, -0.15) is 0 Å². The summed E-state index contributed by atoms with van der Waals surface area (Å²) >= 11 is 0. The van der Waals surface area contributed by atoms with Crippen LogP contribution in [-0.4, -0.2) is 32.2 Å². The Balaban J connectivity index is 1.91. The van der Waals surface area contributed by atoms with Crippen molar-refractivity contribution in [2.75, 3.05) is 10.6 Å². The van der Waals surface area contributed by atoms with Crippen molar-refractivity contribution in [3.8, 4) is 5.75 Å². The van der Waals surface area contributed by atoms with Gasteiger partial charge in [0.2, 0.25) is 15.9 Å². The minimum Gasteiger partial charge on any atom is -0.487 e. The molecule has 2 aromatic carbocycles. The minimum absolute atomic E-state index is 0.263. The minimum atomic E-state index is -3.67. The zero-order valence-electron chi connectivity index (χ0n) is 18.4. The fourth-order valence-corrected chi connectivity index (χ4v) is 5.27. The Morgan fingerprint density at radius 1 is 1.17 bits per heavy atom. The van der Waals surface area contributed by atoms with Crippen molar-refractivity contribution in [2.24, 2.45) is 0 Å². The van der Waals surface area contributed by atoms with Crippen LogP contribution in [0.25, 0.3) is 0 Å². The van der Waals surface area contributed by atoms with Crippen molar-refractivity contribution in [3.63, 3.8) is 0 Å². The summed E-state index contributed by atoms with van der Waals surface area (Å²) in [4.78, 5) is 13.2. The van der Waals surface area contributed by atoms with Crippen LogP contribution in [0, 0.1) is 13.8 Å². The largest absolute Gasteiger partial charge is 0.487 e. The summed E-state index contributed by atoms with van der Waals surface area (Å²) in [5.41, 5.74) is 2.82. The fraction of sp³-hybridized carbons (Fsp3) is 0.435. The van der Waals surface area contributed by atoms with Gasteiger partial charge < -0.3 is 10.1 Å². The molecular formula is C23H30N2O4S. The van der Waals surface area contributed by atoms with Gasteiger partial charge in [0.15, 0.2) is 0 Å². The molecule has 0 fully saturated rings. The van der Waals surface area contributed by atoms with E-state index < -0.39 is 21.7 Å². The van der Waals surface area contributed by atoms with Gasteiger partial charge in [-0.15, -0.1) is 0 Å². The van der Waals surface area contributed by atoms with Crippen LogP contribution in [0.3, 0.4) is 0 Å². The number of sulfonamides is 1. The highest BCUT2D eigenvalue weighted by atomic mass is 32.2. The first-order chi connectivity index (χ1) is 13.9. The lowest BCUT2D eigenvalue weighted by Crippen LogP contribution is -2.50. The van der Waals surface area contributed by atoms with E-state index in [0.29, 0.717) is 12.1 Å². The van der Waals surface area contributed by atoms with Crippen molar-refractivity contribution in [2.45, 2.75) is 58.7 Å². The van der Waals surface area contributed by atoms with E-state index >= 15 is 0 Å². The average molecular weight is 431 g/mol. The predicted octanol–water partition coefficient (Wildman–Crippen LogP) is 3.88. The van der Waals surface area contributed by atoms with Gasteiger partial charge >= 0.3 is 0 Å². The molecular weight excluding hydrogens is 400 g/mol. The Hall–Kier alpha value is -2.54. The van der Waals surface area contributed by atoms with Crippen molar-refractivity contribution >= 4 is 21.6 Å². The maximum atomic E-state index is 13.2. The zero-order chi connectivity index (χ0) is 22.3. The number of hydrogen-bond donors (Lipinski definition) is 1. The Bertz CT molecular complexity index is 1040. The van der Waals surface area contributed by atoms with Crippen LogP contribution in [0.4, 0.5) is 5.69 Å². The summed E-state index contributed by atoms with van der Waals surface area (Å²) in [5.74, 6) is 0.387. The highest BCUT2D eigenvalue weighted by Gasteiger charge is 2.36. The van der Waals surface area contributed by atoms with Crippen LogP contribution < -0.4 is 14.4 Å². The summed E-state index contributed by atoms with van der Waals surface area (Å²) in [6.07, 6.45) is 1.71. The molecule has 2 atom stereocenters. The van der Waals surface area contributed by atoms with Gasteiger partial charge in [0.25, 0.3) is 0 Å². The zero-order valence-corrected chi connectivity index (χ0v) is 19.2. The van der Waals surface area contributed by atoms with Crippen molar-refractivity contribution < 1.29 is 17.9 Å². The van der Waals surface area contributed by atoms with E-state index in [-0.39, 0.29) is 11.9 Å². The highest BCUT2D eigenvalue weighted by molar-refractivity contribution is 7.92. The number of ether oxygens (including phenoxy) is 1. The lowest BCUT2D eigenvalue weighted by Gasteiger charge is -2.38. The number of hydrogen-bond acceptors (Lipinski definition) is 4. The fourth-order valence-electron chi connectivity index (χ4n) is 4.11. The van der Waals surface area contributed by atoms with Gasteiger partial charge in [0, 0.05) is 12.0 Å². The molecule has 3 rings (SSSR count). The van der Waals surface area contributed by atoms with Crippen LogP contribution in [0.2, 0.25) is 0 Å². The maximum Gasteiger partial charge on any atom is 0.244 e. The number of para-hydroxylation sites is 1. The SMILES string of the molecule is Cc1cc(C)cc(N([C@H](C)C(=O)N[C@@H]2CC(C)(C)Oc3ccccc32)S(C)(=O)=O)c1. The third-order valence-corrected chi connectivity index (χ3v) is 6.48. The number of nitrogens with zero attached hydrogens (tertiary/aromatic N) is 1. The van der Waals surface area contributed by atoms with Crippen molar-refractivity contribution in [3.05, 3.63) is 59.2 Å². The molecule has 30 heavy (non-hydrogen) atoms. The van der Waals surface area contributed by atoms with E-state index in [1.165, 1.54) is 4.31 Å². The van der Waals surface area contributed by atoms with Crippen LogP contribution in [0.15, 0.2) is 42.5 Å². The van der Waals surface area contributed by atoms with Gasteiger partial charge in [0.1, 0.15) is 17.4 Å². The predicted molar refractivity (Wildman–Crippen MR) is 119 cm³/mol. The molecule has 0 saturated heterocycles. The summed E-state index contributed by atoms with van der Waals surface area (Å²) in [6.45, 7) is 9.38. The van der Waals surface area contributed by atoms with Crippen molar-refractivity contribution in [1.29, 1.82) is 0 Å². The molecule has 0 unspecified atom stereocenters. The molecule has 1 amide bonds. The van der Waals surface area contributed by atoms with Gasteiger partial charge in [-0.05, 0) is 63.9 Å². The van der Waals surface area contributed by atoms with Crippen LogP contribution >= 0.6 is 0 Å². The van der Waals surface area contributed by atoms with Gasteiger partial charge in [-0.25, -0.2) is 8.42 Å². The molecule has 7 heteroatoms. The molecule has 0 spiro atoms. The number of fused-ring (bicyclic) bond motifs is 1. The Labute approximate surface area is 179 Å². The summed E-state index contributed by atoms with van der Waals surface area (Å²) in [7, 11) is -3.67. The Morgan fingerprint density at radius 2 is 1.77 bits per heavy atom. The third-order valence-electron chi connectivity index (χ3n) is 5.24. The van der Waals surface area contributed by atoms with Crippen molar-refractivity contribution in [1.82, 2.24) is 5.32 Å². The number of benzene rings is 2. The lowest BCUT2D eigenvalue weighted by molar-refractivity contribution is -0.123. The van der Waals surface area contributed by atoms with Gasteiger partial charge in [-0.3, -0.25) is 9.10 Å². The summed E-state index contributed by atoms with van der Waals surface area (Å²) < 4.78 is 32.5. The smallest absolute Gasteiger partial charge is 0.244 e. The normalized spacial score (nSPS) is 18.7. The number of amides is 1. The summed E-state index contributed by atoms with van der Waals surface area (Å²) in [6, 6.07) is 12.0. The molecule has 1 heterocycles. The molecule has 0 aliphatic carbocycles. The molecule has 0 aromatic heterocycles. The van der Waals surface area contributed by atoms with Gasteiger partial charge in [-0.1, -0.05) is 24.3 Å². The van der Waals surface area contributed by atoms with E-state index in [2.05, 4.69) is 5.32 Å². The third kappa shape index (κ3) is 4.78. The second-order valence-electron chi connectivity index (χ2n) is 8.75. The highest BCUT2D eigenvalue weighted by Crippen LogP contribution is 2.39. The quantitative estimate of drug-likeness (QED) is 0.781. The number of aryl methyl sites for hydroxylation is 2. The number of rotatable bonds is 5. The average Bonchev–Trinajstić information content (AvgIpc) is 2.58. The van der Waals surface area contributed by atoms with E-state index in [0.717, 1.165) is 28.7 Å². The second kappa shape index (κ2) is 7.95. The topological polar surface area (TPSA) is 75.7 Å². The first kappa shape index (κ1) is 22.2. The number of anilines is 1. The van der Waals surface area contributed by atoms with Crippen LogP contribution in [0.5, 0.6) is 5.75 Å². The molecule has 1 aliphatic heterocycles. The van der Waals surface area contributed by atoms with E-state index in [1.807, 2.05) is 58.0 Å². The first-order valence-electron chi connectivity index (χ1n) is 10.0. The number of carbonyl (C=O) groups is 1. The second-order valence-corrected chi connectivity index (χ2v) is 10.6. The maximum absolute atomic E-state index is 13.2. The Kier molecular flexibility index (Phi) is 5.87. The monoisotopic (exact) mass is 430 g/mol. The molecule has 162 valence electrons. The molecule has 0 saturated carbocycles. The van der Waals surface area contributed by atoms with E-state index in [1.54, 1.807) is 19.1 Å². The Morgan fingerprint density at radius 3 is 2.37 bits per heavy atom. The molecule has 0 bridgehead atoms. The molecule has 2 aromatic rings. The van der Waals surface area contributed by atoms with E-state index in [9.17, 15) is 13.2 Å². The van der Waals surface area contributed by atoms with Crippen LogP contribution in [0.1, 0.15) is 49.9 Å². The van der Waals surface area contributed by atoms with Gasteiger partial charge in [0.05, 0.1) is 18.0 Å². The first-order valence-corrected chi connectivity index (χ1v) is 11.9. The summed E-state index contributed by atoms with van der Waals surface area (Å²) in [5, 5.41) is 3.06. The standard InChI is InChI=1S/C23H30N2O4S/c1-15-11-16(2)13-18(12-15)25(30(6,27)28)17(3)22(26)24-20-14-23(4,5)29-21-10-8-7-9-19(20)21/h7-13,17,20H,14H2,1-6H3,(H,24,26)/t17-,20-/m1/s1. The molecule has 1 aliphatic rings. The number of carbonyl (C=O) groups excluding carboxylic acids is 1.